The first kappa shape index (κ1) is 13.5. The summed E-state index contributed by atoms with van der Waals surface area (Å²) in [6, 6.07) is 1.88. The zero-order valence-electron chi connectivity index (χ0n) is 11.2. The van der Waals surface area contributed by atoms with Gasteiger partial charge < -0.3 is 20.7 Å². The van der Waals surface area contributed by atoms with Gasteiger partial charge >= 0.3 is 0 Å². The van der Waals surface area contributed by atoms with Gasteiger partial charge in [-0.1, -0.05) is 0 Å². The number of carbonyl (C=O) groups is 1. The second-order valence-corrected chi connectivity index (χ2v) is 4.68. The number of anilines is 2. The van der Waals surface area contributed by atoms with E-state index in [4.69, 9.17) is 10.5 Å². The molecule has 1 saturated heterocycles. The fourth-order valence-electron chi connectivity index (χ4n) is 2.12. The van der Waals surface area contributed by atoms with Gasteiger partial charge in [-0.05, 0) is 6.42 Å². The molecule has 2 rings (SSSR count). The van der Waals surface area contributed by atoms with E-state index < -0.39 is 0 Å². The first-order valence-corrected chi connectivity index (χ1v) is 6.21. The van der Waals surface area contributed by atoms with Crippen LogP contribution >= 0.6 is 0 Å². The summed E-state index contributed by atoms with van der Waals surface area (Å²) >= 11 is 0. The maximum absolute atomic E-state index is 11.4. The summed E-state index contributed by atoms with van der Waals surface area (Å²) in [5.74, 6) is 1.81. The Morgan fingerprint density at radius 1 is 1.58 bits per heavy atom. The number of amides is 1. The maximum Gasteiger partial charge on any atom is 0.222 e. The average Bonchev–Trinajstić information content (AvgIpc) is 2.33. The molecule has 1 aromatic heterocycles. The molecule has 1 aliphatic heterocycles. The molecule has 19 heavy (non-hydrogen) atoms. The van der Waals surface area contributed by atoms with Crippen molar-refractivity contribution in [1.29, 1.82) is 0 Å². The number of likely N-dealkylation sites (tertiary alicyclic amines) is 1. The van der Waals surface area contributed by atoms with Gasteiger partial charge in [0.1, 0.15) is 18.2 Å². The smallest absolute Gasteiger partial charge is 0.222 e. The van der Waals surface area contributed by atoms with Crippen molar-refractivity contribution >= 4 is 17.5 Å². The maximum atomic E-state index is 11.4. The zero-order chi connectivity index (χ0) is 13.8. The molecule has 104 valence electrons. The number of piperidine rings is 1. The summed E-state index contributed by atoms with van der Waals surface area (Å²) in [7, 11) is 3.39. The number of carbonyl (C=O) groups excluding carboxylic acids is 1. The largest absolute Gasteiger partial charge is 0.384 e. The number of nitrogens with zero attached hydrogens (tertiary/aromatic N) is 3. The normalized spacial score (nSPS) is 19.6. The number of rotatable bonds is 4. The van der Waals surface area contributed by atoms with Gasteiger partial charge in [0.2, 0.25) is 5.91 Å². The second kappa shape index (κ2) is 5.83. The van der Waals surface area contributed by atoms with E-state index in [1.165, 1.54) is 0 Å². The van der Waals surface area contributed by atoms with E-state index in [0.29, 0.717) is 37.0 Å². The highest BCUT2D eigenvalue weighted by molar-refractivity contribution is 5.77. The van der Waals surface area contributed by atoms with Crippen LogP contribution in [0.4, 0.5) is 11.6 Å². The van der Waals surface area contributed by atoms with Crippen LogP contribution < -0.4 is 11.1 Å². The molecule has 0 bridgehead atoms. The number of nitrogens with one attached hydrogen (secondary N) is 1. The number of nitrogens with two attached hydrogens (primary N) is 1. The van der Waals surface area contributed by atoms with E-state index in [1.54, 1.807) is 25.1 Å². The van der Waals surface area contributed by atoms with Crippen molar-refractivity contribution in [3.8, 4) is 0 Å². The van der Waals surface area contributed by atoms with Gasteiger partial charge in [-0.15, -0.1) is 0 Å². The van der Waals surface area contributed by atoms with Crippen LogP contribution in [0.15, 0.2) is 6.07 Å². The molecule has 2 heterocycles. The number of ether oxygens (including phenoxy) is 1. The van der Waals surface area contributed by atoms with Crippen LogP contribution in [-0.2, 0) is 16.1 Å². The molecule has 7 heteroatoms. The third kappa shape index (κ3) is 3.54. The van der Waals surface area contributed by atoms with Gasteiger partial charge in [-0.2, -0.15) is 0 Å². The SMILES string of the molecule is COCc1nc(N)cc(NC2CCC(=O)N(C)C2)n1. The minimum absolute atomic E-state index is 0.181. The third-order valence-corrected chi connectivity index (χ3v) is 3.04. The molecule has 0 aliphatic carbocycles. The second-order valence-electron chi connectivity index (χ2n) is 4.68. The predicted molar refractivity (Wildman–Crippen MR) is 71.4 cm³/mol. The van der Waals surface area contributed by atoms with Gasteiger partial charge in [0.15, 0.2) is 5.82 Å². The van der Waals surface area contributed by atoms with Gasteiger partial charge in [0.25, 0.3) is 0 Å². The number of hydrogen-bond acceptors (Lipinski definition) is 6. The Morgan fingerprint density at radius 3 is 3.05 bits per heavy atom. The van der Waals surface area contributed by atoms with Crippen LogP contribution in [0.1, 0.15) is 18.7 Å². The lowest BCUT2D eigenvalue weighted by Crippen LogP contribution is -2.43. The average molecular weight is 265 g/mol. The molecule has 0 spiro atoms. The summed E-state index contributed by atoms with van der Waals surface area (Å²) in [5, 5.41) is 3.29. The molecule has 3 N–H and O–H groups in total. The highest BCUT2D eigenvalue weighted by Crippen LogP contribution is 2.16. The Kier molecular flexibility index (Phi) is 4.16. The van der Waals surface area contributed by atoms with E-state index in [1.807, 2.05) is 0 Å². The monoisotopic (exact) mass is 265 g/mol. The first-order valence-electron chi connectivity index (χ1n) is 6.21. The highest BCUT2D eigenvalue weighted by Gasteiger charge is 2.23. The molecule has 0 radical (unpaired) electrons. The molecular weight excluding hydrogens is 246 g/mol. The van der Waals surface area contributed by atoms with E-state index in [9.17, 15) is 4.79 Å². The zero-order valence-corrected chi connectivity index (χ0v) is 11.2. The fraction of sp³-hybridized carbons (Fsp3) is 0.583. The highest BCUT2D eigenvalue weighted by atomic mass is 16.5. The third-order valence-electron chi connectivity index (χ3n) is 3.04. The van der Waals surface area contributed by atoms with Crippen LogP contribution in [0.2, 0.25) is 0 Å². The lowest BCUT2D eigenvalue weighted by Gasteiger charge is -2.30. The number of aromatic nitrogens is 2. The minimum Gasteiger partial charge on any atom is -0.384 e. The Morgan fingerprint density at radius 2 is 2.37 bits per heavy atom. The molecule has 1 aliphatic rings. The number of methoxy groups -OCH3 is 1. The topological polar surface area (TPSA) is 93.4 Å². The van der Waals surface area contributed by atoms with Crippen molar-refractivity contribution < 1.29 is 9.53 Å². The lowest BCUT2D eigenvalue weighted by atomic mass is 10.1. The van der Waals surface area contributed by atoms with E-state index >= 15 is 0 Å². The fourth-order valence-corrected chi connectivity index (χ4v) is 2.12. The number of likely N-dealkylation sites (N-methyl/N-ethyl adjacent to an activating group) is 1. The van der Waals surface area contributed by atoms with Crippen molar-refractivity contribution in [2.24, 2.45) is 0 Å². The molecule has 1 amide bonds. The lowest BCUT2D eigenvalue weighted by molar-refractivity contribution is -0.132. The van der Waals surface area contributed by atoms with Crippen LogP contribution in [-0.4, -0.2) is 47.5 Å². The first-order chi connectivity index (χ1) is 9.08. The Balaban J connectivity index is 2.04. The quantitative estimate of drug-likeness (QED) is 0.810. The number of hydrogen-bond donors (Lipinski definition) is 2. The van der Waals surface area contributed by atoms with Gasteiger partial charge in [0.05, 0.1) is 0 Å². The molecule has 7 nitrogen and oxygen atoms in total. The standard InChI is InChI=1S/C12H19N5O2/c1-17-6-8(3-4-12(17)18)14-10-5-9(13)15-11(16-10)7-19-2/h5,8H,3-4,6-7H2,1-2H3,(H3,13,14,15,16). The van der Waals surface area contributed by atoms with E-state index in [-0.39, 0.29) is 11.9 Å². The molecule has 1 aromatic rings. The van der Waals surface area contributed by atoms with Crippen LogP contribution in [0.5, 0.6) is 0 Å². The minimum atomic E-state index is 0.181. The number of nitrogen functional groups attached to an aromatic ring is 1. The molecule has 1 fully saturated rings. The van der Waals surface area contributed by atoms with Crippen LogP contribution in [0.25, 0.3) is 0 Å². The molecule has 1 atom stereocenters. The molecular formula is C12H19N5O2. The van der Waals surface area contributed by atoms with Crippen molar-refractivity contribution in [2.75, 3.05) is 31.8 Å². The summed E-state index contributed by atoms with van der Waals surface area (Å²) in [4.78, 5) is 21.6. The Hall–Kier alpha value is -1.89. The van der Waals surface area contributed by atoms with Crippen molar-refractivity contribution in [3.63, 3.8) is 0 Å². The van der Waals surface area contributed by atoms with Gasteiger partial charge in [-0.3, -0.25) is 4.79 Å². The summed E-state index contributed by atoms with van der Waals surface area (Å²) < 4.78 is 5.00. The predicted octanol–water partition coefficient (Wildman–Crippen LogP) is 0.238. The van der Waals surface area contributed by atoms with Gasteiger partial charge in [-0.25, -0.2) is 9.97 Å². The van der Waals surface area contributed by atoms with E-state index in [0.717, 1.165) is 6.42 Å². The summed E-state index contributed by atoms with van der Waals surface area (Å²) in [6.45, 7) is 0.991. The van der Waals surface area contributed by atoms with Crippen molar-refractivity contribution in [2.45, 2.75) is 25.5 Å². The van der Waals surface area contributed by atoms with Crippen molar-refractivity contribution in [3.05, 3.63) is 11.9 Å². The van der Waals surface area contributed by atoms with Gasteiger partial charge in [0, 0.05) is 39.2 Å². The van der Waals surface area contributed by atoms with Crippen molar-refractivity contribution in [1.82, 2.24) is 14.9 Å². The molecule has 0 saturated carbocycles. The van der Waals surface area contributed by atoms with Crippen LogP contribution in [0, 0.1) is 0 Å². The Labute approximate surface area is 112 Å². The molecule has 1 unspecified atom stereocenters. The Bertz CT molecular complexity index is 465. The van der Waals surface area contributed by atoms with Crippen LogP contribution in [0.3, 0.4) is 0 Å². The summed E-state index contributed by atoms with van der Waals surface area (Å²) in [5.41, 5.74) is 5.73. The molecule has 0 aromatic carbocycles. The summed E-state index contributed by atoms with van der Waals surface area (Å²) in [6.07, 6.45) is 1.35. The van der Waals surface area contributed by atoms with E-state index in [2.05, 4.69) is 15.3 Å².